The van der Waals surface area contributed by atoms with Crippen LogP contribution >= 0.6 is 12.4 Å². The van der Waals surface area contributed by atoms with Gasteiger partial charge in [0.05, 0.1) is 6.61 Å². The van der Waals surface area contributed by atoms with E-state index in [1.54, 1.807) is 0 Å². The Hall–Kier alpha value is -1.01. The third-order valence-corrected chi connectivity index (χ3v) is 1.85. The van der Waals surface area contributed by atoms with Crippen LogP contribution < -0.4 is 5.73 Å². The molecule has 1 aromatic rings. The number of hydrogen-bond acceptors (Lipinski definition) is 2. The van der Waals surface area contributed by atoms with E-state index in [-0.39, 0.29) is 25.1 Å². The first-order chi connectivity index (χ1) is 6.26. The lowest BCUT2D eigenvalue weighted by Gasteiger charge is -2.07. The smallest absolute Gasteiger partial charge is 0.0585 e. The van der Waals surface area contributed by atoms with Gasteiger partial charge in [-0.15, -0.1) is 18.8 Å². The molecule has 0 bridgehead atoms. The third kappa shape index (κ3) is 3.80. The van der Waals surface area contributed by atoms with Crippen LogP contribution in [0.2, 0.25) is 0 Å². The number of nitrogens with two attached hydrogens (primary N) is 1. The summed E-state index contributed by atoms with van der Waals surface area (Å²) in [4.78, 5) is 0. The van der Waals surface area contributed by atoms with Crippen LogP contribution in [0.3, 0.4) is 0 Å². The molecule has 1 unspecified atom stereocenters. The summed E-state index contributed by atoms with van der Waals surface area (Å²) in [6.45, 7) is 0.0108. The largest absolute Gasteiger partial charge is 0.395 e. The fraction of sp³-hybridized carbons (Fsp3) is 0.273. The van der Waals surface area contributed by atoms with Crippen molar-refractivity contribution in [2.45, 2.75) is 12.5 Å². The van der Waals surface area contributed by atoms with Crippen molar-refractivity contribution >= 4 is 12.4 Å². The highest BCUT2D eigenvalue weighted by Gasteiger charge is 2.01. The SMILES string of the molecule is C#Cc1ccc(CC(N)CO)cc1.Cl. The van der Waals surface area contributed by atoms with Crippen molar-refractivity contribution in [1.29, 1.82) is 0 Å². The molecule has 1 rings (SSSR count). The van der Waals surface area contributed by atoms with Crippen LogP contribution in [-0.4, -0.2) is 17.8 Å². The maximum atomic E-state index is 8.74. The molecule has 3 heteroatoms. The minimum atomic E-state index is -0.184. The fourth-order valence-electron chi connectivity index (χ4n) is 1.10. The molecule has 1 atom stereocenters. The van der Waals surface area contributed by atoms with Crippen molar-refractivity contribution in [3.63, 3.8) is 0 Å². The summed E-state index contributed by atoms with van der Waals surface area (Å²) in [5, 5.41) is 8.74. The summed E-state index contributed by atoms with van der Waals surface area (Å²) in [7, 11) is 0. The molecule has 0 saturated carbocycles. The lowest BCUT2D eigenvalue weighted by molar-refractivity contribution is 0.265. The Labute approximate surface area is 90.5 Å². The van der Waals surface area contributed by atoms with Gasteiger partial charge in [-0.1, -0.05) is 18.1 Å². The van der Waals surface area contributed by atoms with Gasteiger partial charge in [-0.25, -0.2) is 0 Å². The van der Waals surface area contributed by atoms with Gasteiger partial charge in [0, 0.05) is 11.6 Å². The van der Waals surface area contributed by atoms with E-state index in [4.69, 9.17) is 17.3 Å². The molecule has 2 nitrogen and oxygen atoms in total. The van der Waals surface area contributed by atoms with Gasteiger partial charge in [0.1, 0.15) is 0 Å². The van der Waals surface area contributed by atoms with E-state index in [0.29, 0.717) is 6.42 Å². The van der Waals surface area contributed by atoms with Gasteiger partial charge in [0.25, 0.3) is 0 Å². The first-order valence-corrected chi connectivity index (χ1v) is 4.18. The summed E-state index contributed by atoms with van der Waals surface area (Å²) in [6, 6.07) is 7.44. The van der Waals surface area contributed by atoms with Crippen molar-refractivity contribution in [2.24, 2.45) is 5.73 Å². The van der Waals surface area contributed by atoms with Crippen LogP contribution in [0.4, 0.5) is 0 Å². The molecule has 1 aromatic carbocycles. The van der Waals surface area contributed by atoms with Crippen LogP contribution in [0.25, 0.3) is 0 Å². The minimum absolute atomic E-state index is 0. The van der Waals surface area contributed by atoms with Crippen LogP contribution in [0.5, 0.6) is 0 Å². The Kier molecular flexibility index (Phi) is 5.98. The molecule has 0 spiro atoms. The molecule has 0 fully saturated rings. The summed E-state index contributed by atoms with van der Waals surface area (Å²) in [6.07, 6.45) is 5.89. The van der Waals surface area contributed by atoms with E-state index >= 15 is 0 Å². The quantitative estimate of drug-likeness (QED) is 0.732. The van der Waals surface area contributed by atoms with Crippen LogP contribution in [0.1, 0.15) is 11.1 Å². The van der Waals surface area contributed by atoms with Crippen LogP contribution in [-0.2, 0) is 6.42 Å². The lowest BCUT2D eigenvalue weighted by Crippen LogP contribution is -2.26. The Morgan fingerprint density at radius 1 is 1.36 bits per heavy atom. The lowest BCUT2D eigenvalue weighted by atomic mass is 10.1. The number of hydrogen-bond donors (Lipinski definition) is 2. The zero-order valence-corrected chi connectivity index (χ0v) is 8.63. The van der Waals surface area contributed by atoms with Crippen LogP contribution in [0.15, 0.2) is 24.3 Å². The molecular weight excluding hydrogens is 198 g/mol. The summed E-state index contributed by atoms with van der Waals surface area (Å²) in [5.74, 6) is 2.54. The van der Waals surface area contributed by atoms with Gasteiger partial charge >= 0.3 is 0 Å². The third-order valence-electron chi connectivity index (χ3n) is 1.85. The average Bonchev–Trinajstić information content (AvgIpc) is 2.19. The number of rotatable bonds is 3. The van der Waals surface area contributed by atoms with Crippen molar-refractivity contribution in [3.05, 3.63) is 35.4 Å². The van der Waals surface area contributed by atoms with Gasteiger partial charge in [-0.05, 0) is 24.1 Å². The molecular formula is C11H14ClNO. The van der Waals surface area contributed by atoms with Gasteiger partial charge in [0.15, 0.2) is 0 Å². The summed E-state index contributed by atoms with van der Waals surface area (Å²) >= 11 is 0. The molecule has 0 heterocycles. The highest BCUT2D eigenvalue weighted by Crippen LogP contribution is 2.05. The van der Waals surface area contributed by atoms with E-state index in [1.807, 2.05) is 24.3 Å². The summed E-state index contributed by atoms with van der Waals surface area (Å²) < 4.78 is 0. The average molecular weight is 212 g/mol. The van der Waals surface area contributed by atoms with Crippen molar-refractivity contribution < 1.29 is 5.11 Å². The Morgan fingerprint density at radius 2 is 1.93 bits per heavy atom. The first-order valence-electron chi connectivity index (χ1n) is 4.18. The number of benzene rings is 1. The van der Waals surface area contributed by atoms with Gasteiger partial charge in [-0.3, -0.25) is 0 Å². The molecule has 0 aliphatic carbocycles. The Bertz CT molecular complexity index is 302. The molecule has 14 heavy (non-hydrogen) atoms. The van der Waals surface area contributed by atoms with E-state index in [0.717, 1.165) is 11.1 Å². The predicted octanol–water partition coefficient (Wildman–Crippen LogP) is 0.952. The van der Waals surface area contributed by atoms with Crippen molar-refractivity contribution in [3.8, 4) is 12.3 Å². The second kappa shape index (κ2) is 6.44. The van der Waals surface area contributed by atoms with Crippen LogP contribution in [0, 0.1) is 12.3 Å². The molecule has 0 aliphatic heterocycles. The maximum Gasteiger partial charge on any atom is 0.0585 e. The Balaban J connectivity index is 0.00000169. The molecule has 3 N–H and O–H groups in total. The maximum absolute atomic E-state index is 8.74. The van der Waals surface area contributed by atoms with Gasteiger partial charge in [-0.2, -0.15) is 0 Å². The molecule has 0 amide bonds. The zero-order valence-electron chi connectivity index (χ0n) is 7.81. The molecule has 0 aliphatic rings. The van der Waals surface area contributed by atoms with E-state index < -0.39 is 0 Å². The van der Waals surface area contributed by atoms with E-state index in [9.17, 15) is 0 Å². The first kappa shape index (κ1) is 13.0. The monoisotopic (exact) mass is 211 g/mol. The molecule has 0 saturated heterocycles. The topological polar surface area (TPSA) is 46.2 Å². The number of terminal acetylenes is 1. The number of halogens is 1. The van der Waals surface area contributed by atoms with Crippen molar-refractivity contribution in [1.82, 2.24) is 0 Å². The van der Waals surface area contributed by atoms with E-state index in [2.05, 4.69) is 5.92 Å². The van der Waals surface area contributed by atoms with Gasteiger partial charge in [0.2, 0.25) is 0 Å². The van der Waals surface area contributed by atoms with Crippen molar-refractivity contribution in [2.75, 3.05) is 6.61 Å². The zero-order chi connectivity index (χ0) is 9.68. The van der Waals surface area contributed by atoms with Gasteiger partial charge < -0.3 is 10.8 Å². The molecule has 76 valence electrons. The number of aliphatic hydroxyl groups is 1. The standard InChI is InChI=1S/C11H13NO.ClH/c1-2-9-3-5-10(6-4-9)7-11(12)8-13;/h1,3-6,11,13H,7-8,12H2;1H. The molecule has 0 aromatic heterocycles. The normalized spacial score (nSPS) is 11.2. The summed E-state index contributed by atoms with van der Waals surface area (Å²) in [5.41, 5.74) is 7.55. The molecule has 0 radical (unpaired) electrons. The van der Waals surface area contributed by atoms with E-state index in [1.165, 1.54) is 0 Å². The number of aliphatic hydroxyl groups excluding tert-OH is 1. The Morgan fingerprint density at radius 3 is 2.36 bits per heavy atom. The highest BCUT2D eigenvalue weighted by atomic mass is 35.5. The predicted molar refractivity (Wildman–Crippen MR) is 60.4 cm³/mol. The second-order valence-corrected chi connectivity index (χ2v) is 2.99. The highest BCUT2D eigenvalue weighted by molar-refractivity contribution is 5.85. The minimum Gasteiger partial charge on any atom is -0.395 e. The fourth-order valence-corrected chi connectivity index (χ4v) is 1.10. The second-order valence-electron chi connectivity index (χ2n) is 2.99.